The van der Waals surface area contributed by atoms with E-state index in [0.717, 1.165) is 22.8 Å². The molecule has 1 aromatic heterocycles. The Morgan fingerprint density at radius 3 is 2.84 bits per heavy atom. The molecule has 1 aromatic carbocycles. The maximum atomic E-state index is 12.7. The van der Waals surface area contributed by atoms with Crippen LogP contribution in [0, 0.1) is 6.92 Å². The third-order valence-electron chi connectivity index (χ3n) is 4.49. The van der Waals surface area contributed by atoms with Crippen LogP contribution in [0.2, 0.25) is 0 Å². The standard InChI is InChI=1S/C18H22N4O3/c1-12-8-20-17-11-22(18(24)9-19-13(2)23)15(10-21(12)17)14-6-4-5-7-16(14)25-3/h4-8,15H,9-11H2,1-3H3,(H,19,23)/t15-/m0/s1. The van der Waals surface area contributed by atoms with Crippen molar-refractivity contribution in [3.05, 3.63) is 47.5 Å². The van der Waals surface area contributed by atoms with Crippen LogP contribution in [0.3, 0.4) is 0 Å². The number of rotatable bonds is 4. The quantitative estimate of drug-likeness (QED) is 0.912. The van der Waals surface area contributed by atoms with E-state index in [2.05, 4.69) is 14.9 Å². The molecule has 2 amide bonds. The molecule has 0 unspecified atom stereocenters. The first-order valence-electron chi connectivity index (χ1n) is 8.19. The van der Waals surface area contributed by atoms with Crippen LogP contribution in [0.25, 0.3) is 0 Å². The first kappa shape index (κ1) is 17.0. The third-order valence-corrected chi connectivity index (χ3v) is 4.49. The topological polar surface area (TPSA) is 76.5 Å². The lowest BCUT2D eigenvalue weighted by atomic mass is 10.0. The summed E-state index contributed by atoms with van der Waals surface area (Å²) >= 11 is 0. The number of imidazole rings is 1. The molecule has 2 aromatic rings. The van der Waals surface area contributed by atoms with Gasteiger partial charge in [0.15, 0.2) is 0 Å². The smallest absolute Gasteiger partial charge is 0.242 e. The van der Waals surface area contributed by atoms with Crippen molar-refractivity contribution in [1.29, 1.82) is 0 Å². The summed E-state index contributed by atoms with van der Waals surface area (Å²) in [5.41, 5.74) is 2.00. The summed E-state index contributed by atoms with van der Waals surface area (Å²) in [6.45, 7) is 4.38. The predicted molar refractivity (Wildman–Crippen MR) is 91.9 cm³/mol. The highest BCUT2D eigenvalue weighted by Gasteiger charge is 2.33. The van der Waals surface area contributed by atoms with Gasteiger partial charge >= 0.3 is 0 Å². The Labute approximate surface area is 146 Å². The molecule has 25 heavy (non-hydrogen) atoms. The summed E-state index contributed by atoms with van der Waals surface area (Å²) < 4.78 is 7.62. The molecule has 2 heterocycles. The van der Waals surface area contributed by atoms with Gasteiger partial charge in [0.1, 0.15) is 11.6 Å². The zero-order valence-electron chi connectivity index (χ0n) is 14.7. The second-order valence-corrected chi connectivity index (χ2v) is 6.12. The molecule has 0 bridgehead atoms. The lowest BCUT2D eigenvalue weighted by Gasteiger charge is -2.37. The fourth-order valence-corrected chi connectivity index (χ4v) is 3.19. The maximum absolute atomic E-state index is 12.7. The zero-order chi connectivity index (χ0) is 18.0. The van der Waals surface area contributed by atoms with Crippen molar-refractivity contribution in [1.82, 2.24) is 19.8 Å². The summed E-state index contributed by atoms with van der Waals surface area (Å²) in [6.07, 6.45) is 1.82. The summed E-state index contributed by atoms with van der Waals surface area (Å²) in [7, 11) is 1.62. The highest BCUT2D eigenvalue weighted by atomic mass is 16.5. The number of aryl methyl sites for hydroxylation is 1. The minimum atomic E-state index is -0.225. The molecule has 1 aliphatic heterocycles. The van der Waals surface area contributed by atoms with Gasteiger partial charge in [0.05, 0.1) is 26.2 Å². The van der Waals surface area contributed by atoms with Crippen molar-refractivity contribution in [2.75, 3.05) is 13.7 Å². The largest absolute Gasteiger partial charge is 0.496 e. The molecule has 0 spiro atoms. The van der Waals surface area contributed by atoms with E-state index in [1.165, 1.54) is 6.92 Å². The van der Waals surface area contributed by atoms with Gasteiger partial charge in [-0.1, -0.05) is 18.2 Å². The molecular formula is C18H22N4O3. The maximum Gasteiger partial charge on any atom is 0.242 e. The number of hydrogen-bond acceptors (Lipinski definition) is 4. The Balaban J connectivity index is 1.97. The molecule has 1 aliphatic rings. The van der Waals surface area contributed by atoms with Gasteiger partial charge in [0.25, 0.3) is 0 Å². The first-order chi connectivity index (χ1) is 12.0. The van der Waals surface area contributed by atoms with E-state index in [-0.39, 0.29) is 24.4 Å². The van der Waals surface area contributed by atoms with Gasteiger partial charge in [-0.25, -0.2) is 4.98 Å². The lowest BCUT2D eigenvalue weighted by molar-refractivity contribution is -0.136. The van der Waals surface area contributed by atoms with Crippen molar-refractivity contribution >= 4 is 11.8 Å². The minimum Gasteiger partial charge on any atom is -0.496 e. The molecule has 0 fully saturated rings. The molecule has 3 rings (SSSR count). The number of para-hydroxylation sites is 1. The number of amides is 2. The normalized spacial score (nSPS) is 16.3. The van der Waals surface area contributed by atoms with E-state index < -0.39 is 0 Å². The number of aromatic nitrogens is 2. The Morgan fingerprint density at radius 1 is 1.36 bits per heavy atom. The number of carbonyl (C=O) groups is 2. The van der Waals surface area contributed by atoms with Gasteiger partial charge < -0.3 is 19.5 Å². The van der Waals surface area contributed by atoms with E-state index in [9.17, 15) is 9.59 Å². The molecule has 132 valence electrons. The molecule has 0 saturated heterocycles. The Morgan fingerprint density at radius 2 is 2.12 bits per heavy atom. The van der Waals surface area contributed by atoms with Crippen LogP contribution >= 0.6 is 0 Å². The zero-order valence-corrected chi connectivity index (χ0v) is 14.7. The number of ether oxygens (including phenoxy) is 1. The van der Waals surface area contributed by atoms with Crippen molar-refractivity contribution in [2.45, 2.75) is 33.0 Å². The van der Waals surface area contributed by atoms with Crippen molar-refractivity contribution in [3.8, 4) is 5.75 Å². The fourth-order valence-electron chi connectivity index (χ4n) is 3.19. The summed E-state index contributed by atoms with van der Waals surface area (Å²) in [6, 6.07) is 7.52. The number of nitrogens with one attached hydrogen (secondary N) is 1. The number of carbonyl (C=O) groups excluding carboxylic acids is 2. The lowest BCUT2D eigenvalue weighted by Crippen LogP contribution is -2.45. The average molecular weight is 342 g/mol. The monoisotopic (exact) mass is 342 g/mol. The van der Waals surface area contributed by atoms with Gasteiger partial charge in [0, 0.05) is 30.9 Å². The Hall–Kier alpha value is -2.83. The Kier molecular flexibility index (Phi) is 4.74. The molecule has 7 heteroatoms. The van der Waals surface area contributed by atoms with Gasteiger partial charge in [-0.05, 0) is 13.0 Å². The average Bonchev–Trinajstić information content (AvgIpc) is 2.98. The SMILES string of the molecule is COc1ccccc1[C@@H]1Cn2c(C)cnc2CN1C(=O)CNC(C)=O. The minimum absolute atomic E-state index is 0.0271. The van der Waals surface area contributed by atoms with Crippen molar-refractivity contribution in [2.24, 2.45) is 0 Å². The molecular weight excluding hydrogens is 320 g/mol. The molecule has 7 nitrogen and oxygen atoms in total. The first-order valence-corrected chi connectivity index (χ1v) is 8.19. The summed E-state index contributed by atoms with van der Waals surface area (Å²) in [5, 5.41) is 2.58. The second-order valence-electron chi connectivity index (χ2n) is 6.12. The van der Waals surface area contributed by atoms with Crippen LogP contribution in [0.15, 0.2) is 30.5 Å². The van der Waals surface area contributed by atoms with E-state index in [4.69, 9.17) is 4.74 Å². The molecule has 1 N–H and O–H groups in total. The number of hydrogen-bond donors (Lipinski definition) is 1. The summed E-state index contributed by atoms with van der Waals surface area (Å²) in [5.74, 6) is 1.22. The van der Waals surface area contributed by atoms with Crippen LogP contribution in [-0.2, 0) is 22.7 Å². The van der Waals surface area contributed by atoms with Gasteiger partial charge in [0.2, 0.25) is 11.8 Å². The Bertz CT molecular complexity index is 799. The number of benzene rings is 1. The number of methoxy groups -OCH3 is 1. The van der Waals surface area contributed by atoms with Gasteiger partial charge in [-0.3, -0.25) is 9.59 Å². The number of fused-ring (bicyclic) bond motifs is 1. The van der Waals surface area contributed by atoms with Crippen molar-refractivity contribution in [3.63, 3.8) is 0 Å². The fraction of sp³-hybridized carbons (Fsp3) is 0.389. The van der Waals surface area contributed by atoms with Crippen molar-refractivity contribution < 1.29 is 14.3 Å². The van der Waals surface area contributed by atoms with Gasteiger partial charge in [-0.15, -0.1) is 0 Å². The second kappa shape index (κ2) is 6.96. The van der Waals surface area contributed by atoms with Crippen LogP contribution < -0.4 is 10.1 Å². The number of nitrogens with zero attached hydrogens (tertiary/aromatic N) is 3. The van der Waals surface area contributed by atoms with E-state index in [1.54, 1.807) is 12.0 Å². The molecule has 0 saturated carbocycles. The van der Waals surface area contributed by atoms with Crippen LogP contribution in [0.5, 0.6) is 5.75 Å². The van der Waals surface area contributed by atoms with Crippen LogP contribution in [-0.4, -0.2) is 39.9 Å². The van der Waals surface area contributed by atoms with E-state index >= 15 is 0 Å². The molecule has 1 atom stereocenters. The highest BCUT2D eigenvalue weighted by molar-refractivity contribution is 5.84. The molecule has 0 radical (unpaired) electrons. The van der Waals surface area contributed by atoms with Crippen LogP contribution in [0.4, 0.5) is 0 Å². The van der Waals surface area contributed by atoms with E-state index in [0.29, 0.717) is 13.1 Å². The predicted octanol–water partition coefficient (Wildman–Crippen LogP) is 1.42. The van der Waals surface area contributed by atoms with Crippen LogP contribution in [0.1, 0.15) is 30.0 Å². The third kappa shape index (κ3) is 3.35. The molecule has 0 aliphatic carbocycles. The van der Waals surface area contributed by atoms with E-state index in [1.807, 2.05) is 37.4 Å². The van der Waals surface area contributed by atoms with Gasteiger partial charge in [-0.2, -0.15) is 0 Å². The summed E-state index contributed by atoms with van der Waals surface area (Å²) in [4.78, 5) is 30.1. The highest BCUT2D eigenvalue weighted by Crippen LogP contribution is 2.35.